The molecule has 0 aromatic rings. The number of hydrogen-bond acceptors (Lipinski definition) is 4. The van der Waals surface area contributed by atoms with Gasteiger partial charge in [0, 0.05) is 0 Å². The molecule has 0 aliphatic carbocycles. The second-order valence-electron chi connectivity index (χ2n) is 3.84. The van der Waals surface area contributed by atoms with E-state index in [0.717, 1.165) is 0 Å². The van der Waals surface area contributed by atoms with Crippen LogP contribution in [-0.4, -0.2) is 29.4 Å². The molecule has 0 saturated carbocycles. The summed E-state index contributed by atoms with van der Waals surface area (Å²) in [6.07, 6.45) is 0.496. The van der Waals surface area contributed by atoms with Crippen LogP contribution in [0.5, 0.6) is 0 Å². The van der Waals surface area contributed by atoms with Gasteiger partial charge in [0.1, 0.15) is 6.61 Å². The summed E-state index contributed by atoms with van der Waals surface area (Å²) in [4.78, 5) is 33.1. The molecular formula is C11H18O5. The van der Waals surface area contributed by atoms with Crippen molar-refractivity contribution in [1.29, 1.82) is 0 Å². The predicted octanol–water partition coefficient (Wildman–Crippen LogP) is 1.40. The van der Waals surface area contributed by atoms with Crippen molar-refractivity contribution in [2.24, 2.45) is 5.41 Å². The zero-order valence-corrected chi connectivity index (χ0v) is 9.91. The Morgan fingerprint density at radius 1 is 1.19 bits per heavy atom. The lowest BCUT2D eigenvalue weighted by atomic mass is 9.79. The van der Waals surface area contributed by atoms with E-state index in [1.807, 2.05) is 0 Å². The van der Waals surface area contributed by atoms with Crippen LogP contribution < -0.4 is 0 Å². The molecule has 0 fully saturated rings. The monoisotopic (exact) mass is 230 g/mol. The molecule has 0 aromatic heterocycles. The number of carboxylic acid groups (broad SMARTS) is 1. The van der Waals surface area contributed by atoms with Crippen molar-refractivity contribution in [1.82, 2.24) is 0 Å². The average molecular weight is 230 g/mol. The van der Waals surface area contributed by atoms with E-state index in [9.17, 15) is 14.4 Å². The second-order valence-corrected chi connectivity index (χ2v) is 3.84. The van der Waals surface area contributed by atoms with Gasteiger partial charge in [-0.15, -0.1) is 0 Å². The van der Waals surface area contributed by atoms with E-state index in [-0.39, 0.29) is 18.8 Å². The molecule has 92 valence electrons. The van der Waals surface area contributed by atoms with E-state index in [2.05, 4.69) is 0 Å². The van der Waals surface area contributed by atoms with Gasteiger partial charge in [0.25, 0.3) is 0 Å². The first-order valence-electron chi connectivity index (χ1n) is 5.26. The lowest BCUT2D eigenvalue weighted by Crippen LogP contribution is -2.35. The molecule has 0 rings (SSSR count). The van der Waals surface area contributed by atoms with Crippen LogP contribution in [0.1, 0.15) is 40.0 Å². The number of Topliss-reactive ketones (excluding diaryl/α,β-unsaturated/α-hetero) is 1. The summed E-state index contributed by atoms with van der Waals surface area (Å²) in [6, 6.07) is 0. The minimum absolute atomic E-state index is 0.259. The van der Waals surface area contributed by atoms with E-state index >= 15 is 0 Å². The molecule has 0 bridgehead atoms. The van der Waals surface area contributed by atoms with Gasteiger partial charge in [-0.05, 0) is 19.8 Å². The number of aliphatic carboxylic acids is 1. The maximum atomic E-state index is 11.7. The van der Waals surface area contributed by atoms with Crippen LogP contribution in [-0.2, 0) is 19.1 Å². The topological polar surface area (TPSA) is 80.7 Å². The zero-order chi connectivity index (χ0) is 12.8. The molecule has 0 amide bonds. The van der Waals surface area contributed by atoms with Crippen molar-refractivity contribution in [3.05, 3.63) is 0 Å². The fraction of sp³-hybridized carbons (Fsp3) is 0.727. The highest BCUT2D eigenvalue weighted by molar-refractivity contribution is 5.85. The number of carboxylic acids is 1. The Morgan fingerprint density at radius 3 is 2.00 bits per heavy atom. The lowest BCUT2D eigenvalue weighted by Gasteiger charge is -2.27. The van der Waals surface area contributed by atoms with Gasteiger partial charge in [0.2, 0.25) is 0 Å². The first-order valence-corrected chi connectivity index (χ1v) is 5.26. The molecule has 5 heteroatoms. The summed E-state index contributed by atoms with van der Waals surface area (Å²) in [6.45, 7) is 4.49. The predicted molar refractivity (Wildman–Crippen MR) is 56.9 cm³/mol. The Kier molecular flexibility index (Phi) is 5.71. The molecular weight excluding hydrogens is 212 g/mol. The van der Waals surface area contributed by atoms with E-state index < -0.39 is 17.4 Å². The largest absolute Gasteiger partial charge is 0.481 e. The zero-order valence-electron chi connectivity index (χ0n) is 9.91. The Morgan fingerprint density at radius 2 is 1.69 bits per heavy atom. The summed E-state index contributed by atoms with van der Waals surface area (Å²) in [7, 11) is 0. The van der Waals surface area contributed by atoms with Crippen LogP contribution in [0.2, 0.25) is 0 Å². The van der Waals surface area contributed by atoms with Crippen molar-refractivity contribution < 1.29 is 24.2 Å². The summed E-state index contributed by atoms with van der Waals surface area (Å²) in [5, 5.41) is 8.76. The first-order chi connectivity index (χ1) is 7.38. The molecule has 0 aromatic carbocycles. The highest BCUT2D eigenvalue weighted by Gasteiger charge is 2.38. The first kappa shape index (κ1) is 14.6. The number of hydrogen-bond donors (Lipinski definition) is 1. The van der Waals surface area contributed by atoms with E-state index in [0.29, 0.717) is 12.8 Å². The average Bonchev–Trinajstić information content (AvgIpc) is 2.22. The lowest BCUT2D eigenvalue weighted by molar-refractivity contribution is -0.163. The number of ketones is 1. The molecule has 0 aliphatic heterocycles. The maximum absolute atomic E-state index is 11.7. The van der Waals surface area contributed by atoms with Crippen LogP contribution >= 0.6 is 0 Å². The fourth-order valence-corrected chi connectivity index (χ4v) is 1.47. The quantitative estimate of drug-likeness (QED) is 0.668. The minimum Gasteiger partial charge on any atom is -0.481 e. The number of esters is 1. The summed E-state index contributed by atoms with van der Waals surface area (Å²) in [5.41, 5.74) is -1.01. The Hall–Kier alpha value is -1.39. The van der Waals surface area contributed by atoms with E-state index in [1.54, 1.807) is 13.8 Å². The second kappa shape index (κ2) is 6.25. The molecule has 0 spiro atoms. The molecule has 0 radical (unpaired) electrons. The summed E-state index contributed by atoms with van der Waals surface area (Å²) < 4.78 is 4.80. The molecule has 1 N–H and O–H groups in total. The fourth-order valence-electron chi connectivity index (χ4n) is 1.47. The maximum Gasteiger partial charge on any atom is 0.313 e. The number of carbonyl (C=O) groups excluding carboxylic acids is 2. The molecule has 0 aliphatic rings. The Balaban J connectivity index is 4.68. The van der Waals surface area contributed by atoms with Gasteiger partial charge in [-0.2, -0.15) is 0 Å². The van der Waals surface area contributed by atoms with Crippen LogP contribution in [0.15, 0.2) is 0 Å². The standard InChI is InChI=1S/C11H18O5/c1-4-11(5-2,6-9(13)14)10(15)16-7-8(3)12/h4-7H2,1-3H3,(H,13,14). The molecule has 0 saturated heterocycles. The van der Waals surface area contributed by atoms with Gasteiger partial charge in [-0.3, -0.25) is 14.4 Å². The normalized spacial score (nSPS) is 10.9. The highest BCUT2D eigenvalue weighted by atomic mass is 16.5. The number of ether oxygens (including phenoxy) is 1. The molecule has 5 nitrogen and oxygen atoms in total. The van der Waals surface area contributed by atoms with Crippen LogP contribution in [0.4, 0.5) is 0 Å². The van der Waals surface area contributed by atoms with Gasteiger partial charge in [0.05, 0.1) is 11.8 Å². The summed E-state index contributed by atoms with van der Waals surface area (Å²) in [5.74, 6) is -1.90. The molecule has 0 atom stereocenters. The van der Waals surface area contributed by atoms with Gasteiger partial charge in [-0.25, -0.2) is 0 Å². The third-order valence-electron chi connectivity index (χ3n) is 2.68. The Labute approximate surface area is 94.8 Å². The van der Waals surface area contributed by atoms with Gasteiger partial charge in [0.15, 0.2) is 5.78 Å². The highest BCUT2D eigenvalue weighted by Crippen LogP contribution is 2.32. The van der Waals surface area contributed by atoms with Crippen LogP contribution in [0.25, 0.3) is 0 Å². The molecule has 16 heavy (non-hydrogen) atoms. The van der Waals surface area contributed by atoms with Crippen molar-refractivity contribution in [3.63, 3.8) is 0 Å². The smallest absolute Gasteiger partial charge is 0.313 e. The van der Waals surface area contributed by atoms with Gasteiger partial charge >= 0.3 is 11.9 Å². The number of carbonyl (C=O) groups is 3. The van der Waals surface area contributed by atoms with Crippen molar-refractivity contribution in [3.8, 4) is 0 Å². The van der Waals surface area contributed by atoms with Crippen molar-refractivity contribution in [2.45, 2.75) is 40.0 Å². The molecule has 0 heterocycles. The third-order valence-corrected chi connectivity index (χ3v) is 2.68. The Bertz CT molecular complexity index is 278. The minimum atomic E-state index is -1.04. The van der Waals surface area contributed by atoms with Crippen molar-refractivity contribution >= 4 is 17.7 Å². The number of rotatable bonds is 7. The van der Waals surface area contributed by atoms with Crippen molar-refractivity contribution in [2.75, 3.05) is 6.61 Å². The van der Waals surface area contributed by atoms with Gasteiger partial charge in [-0.1, -0.05) is 13.8 Å². The third kappa shape index (κ3) is 4.00. The van der Waals surface area contributed by atoms with Gasteiger partial charge < -0.3 is 9.84 Å². The SMILES string of the molecule is CCC(CC)(CC(=O)O)C(=O)OCC(C)=O. The van der Waals surface area contributed by atoms with Crippen LogP contribution in [0, 0.1) is 5.41 Å². The van der Waals surface area contributed by atoms with E-state index in [4.69, 9.17) is 9.84 Å². The van der Waals surface area contributed by atoms with E-state index in [1.165, 1.54) is 6.92 Å². The molecule has 0 unspecified atom stereocenters. The van der Waals surface area contributed by atoms with Crippen LogP contribution in [0.3, 0.4) is 0 Å². The summed E-state index contributed by atoms with van der Waals surface area (Å²) >= 11 is 0.